The van der Waals surface area contributed by atoms with Gasteiger partial charge in [-0.3, -0.25) is 14.2 Å². The average Bonchev–Trinajstić information content (AvgIpc) is 2.69. The average molecular weight is 368 g/mol. The van der Waals surface area contributed by atoms with E-state index in [-0.39, 0.29) is 22.2 Å². The summed E-state index contributed by atoms with van der Waals surface area (Å²) in [6.45, 7) is 1.83. The van der Waals surface area contributed by atoms with E-state index in [1.165, 1.54) is 15.5 Å². The van der Waals surface area contributed by atoms with E-state index in [2.05, 4.69) is 15.9 Å². The Hall–Kier alpha value is -1.59. The molecule has 2 aromatic rings. The third kappa shape index (κ3) is 1.80. The molecule has 1 aromatic heterocycles. The Morgan fingerprint density at radius 1 is 1.19 bits per heavy atom. The van der Waals surface area contributed by atoms with Crippen molar-refractivity contribution in [3.05, 3.63) is 67.5 Å². The van der Waals surface area contributed by atoms with E-state index in [0.29, 0.717) is 4.47 Å². The monoisotopic (exact) mass is 366 g/mol. The summed E-state index contributed by atoms with van der Waals surface area (Å²) < 4.78 is 1.79. The highest BCUT2D eigenvalue weighted by Gasteiger charge is 2.47. The van der Waals surface area contributed by atoms with Crippen molar-refractivity contribution >= 4 is 33.4 Å². The Morgan fingerprint density at radius 2 is 1.81 bits per heavy atom. The van der Waals surface area contributed by atoms with E-state index in [4.69, 9.17) is 11.6 Å². The van der Waals surface area contributed by atoms with Crippen LogP contribution in [-0.2, 0) is 5.66 Å². The summed E-state index contributed by atoms with van der Waals surface area (Å²) in [5, 5.41) is 0.262. The standard InChI is InChI=1S/C15H12BrClN2O2/c1-15(9-6-4-3-5-7-9)18(2)14(21)12-11(17)8-10(16)13(20)19(12)15/h3-8H,1-2H3. The van der Waals surface area contributed by atoms with Crippen molar-refractivity contribution in [2.45, 2.75) is 12.6 Å². The first-order chi connectivity index (χ1) is 9.89. The van der Waals surface area contributed by atoms with Gasteiger partial charge in [0.1, 0.15) is 11.4 Å². The van der Waals surface area contributed by atoms with Gasteiger partial charge in [-0.15, -0.1) is 0 Å². The van der Waals surface area contributed by atoms with Gasteiger partial charge in [0, 0.05) is 7.05 Å². The first-order valence-electron chi connectivity index (χ1n) is 6.34. The zero-order valence-corrected chi connectivity index (χ0v) is 13.8. The molecule has 0 N–H and O–H groups in total. The van der Waals surface area contributed by atoms with Crippen LogP contribution in [0.4, 0.5) is 0 Å². The van der Waals surface area contributed by atoms with Crippen LogP contribution in [-0.4, -0.2) is 22.4 Å². The van der Waals surface area contributed by atoms with Gasteiger partial charge in [0.15, 0.2) is 0 Å². The van der Waals surface area contributed by atoms with Crippen molar-refractivity contribution in [3.8, 4) is 0 Å². The Balaban J connectivity index is 2.43. The highest BCUT2D eigenvalue weighted by atomic mass is 79.9. The fourth-order valence-corrected chi connectivity index (χ4v) is 3.57. The number of nitrogens with zero attached hydrogens (tertiary/aromatic N) is 2. The third-order valence-corrected chi connectivity index (χ3v) is 4.88. The van der Waals surface area contributed by atoms with Crippen LogP contribution in [0.1, 0.15) is 23.0 Å². The molecule has 2 heterocycles. The van der Waals surface area contributed by atoms with Crippen LogP contribution in [0.25, 0.3) is 0 Å². The number of hydrogen-bond acceptors (Lipinski definition) is 2. The predicted molar refractivity (Wildman–Crippen MR) is 84.7 cm³/mol. The minimum Gasteiger partial charge on any atom is -0.313 e. The van der Waals surface area contributed by atoms with E-state index < -0.39 is 5.66 Å². The second-order valence-electron chi connectivity index (χ2n) is 5.08. The lowest BCUT2D eigenvalue weighted by atomic mass is 10.0. The van der Waals surface area contributed by atoms with Crippen LogP contribution in [0.3, 0.4) is 0 Å². The minimum absolute atomic E-state index is 0.221. The van der Waals surface area contributed by atoms with Crippen LogP contribution in [0, 0.1) is 0 Å². The molecule has 1 unspecified atom stereocenters. The number of benzene rings is 1. The zero-order chi connectivity index (χ0) is 15.4. The topological polar surface area (TPSA) is 42.3 Å². The van der Waals surface area contributed by atoms with Gasteiger partial charge in [-0.25, -0.2) is 0 Å². The lowest BCUT2D eigenvalue weighted by Crippen LogP contribution is -2.46. The first-order valence-corrected chi connectivity index (χ1v) is 7.51. The molecule has 0 bridgehead atoms. The van der Waals surface area contributed by atoms with Gasteiger partial charge in [-0.2, -0.15) is 0 Å². The molecule has 108 valence electrons. The molecule has 1 amide bonds. The molecule has 0 radical (unpaired) electrons. The lowest BCUT2D eigenvalue weighted by Gasteiger charge is -2.34. The third-order valence-electron chi connectivity index (χ3n) is 4.03. The zero-order valence-electron chi connectivity index (χ0n) is 11.4. The van der Waals surface area contributed by atoms with Gasteiger partial charge >= 0.3 is 0 Å². The number of hydrogen-bond donors (Lipinski definition) is 0. The number of fused-ring (bicyclic) bond motifs is 1. The molecule has 0 saturated carbocycles. The van der Waals surface area contributed by atoms with Gasteiger partial charge in [-0.1, -0.05) is 41.9 Å². The van der Waals surface area contributed by atoms with E-state index in [9.17, 15) is 9.59 Å². The first kappa shape index (κ1) is 14.4. The quantitative estimate of drug-likeness (QED) is 0.777. The molecule has 1 aliphatic heterocycles. The molecule has 4 nitrogen and oxygen atoms in total. The maximum atomic E-state index is 12.6. The summed E-state index contributed by atoms with van der Waals surface area (Å²) in [5.41, 5.74) is -0.119. The SMILES string of the molecule is CN1C(=O)c2c(Cl)cc(Br)c(=O)n2C1(C)c1ccccc1. The minimum atomic E-state index is -0.905. The number of carbonyl (C=O) groups excluding carboxylic acids is 1. The number of pyridine rings is 1. The largest absolute Gasteiger partial charge is 0.313 e. The predicted octanol–water partition coefficient (Wildman–Crippen LogP) is 3.07. The summed E-state index contributed by atoms with van der Waals surface area (Å²) in [6, 6.07) is 10.9. The Bertz CT molecular complexity index is 803. The number of carbonyl (C=O) groups is 1. The van der Waals surface area contributed by atoms with E-state index in [1.807, 2.05) is 37.3 Å². The normalized spacial score (nSPS) is 20.8. The molecular formula is C15H12BrClN2O2. The second kappa shape index (κ2) is 4.71. The molecule has 1 aliphatic rings. The van der Waals surface area contributed by atoms with Crippen LogP contribution in [0.2, 0.25) is 5.02 Å². The molecule has 0 spiro atoms. The Morgan fingerprint density at radius 3 is 2.43 bits per heavy atom. The summed E-state index contributed by atoms with van der Waals surface area (Å²) >= 11 is 9.40. The smallest absolute Gasteiger partial charge is 0.274 e. The molecule has 3 rings (SSSR count). The van der Waals surface area contributed by atoms with Gasteiger partial charge in [0.05, 0.1) is 9.50 Å². The van der Waals surface area contributed by atoms with Crippen molar-refractivity contribution in [2.75, 3.05) is 7.05 Å². The summed E-state index contributed by atoms with van der Waals surface area (Å²) in [4.78, 5) is 26.6. The van der Waals surface area contributed by atoms with Crippen LogP contribution in [0.5, 0.6) is 0 Å². The number of aromatic nitrogens is 1. The van der Waals surface area contributed by atoms with Crippen molar-refractivity contribution < 1.29 is 4.79 Å². The van der Waals surface area contributed by atoms with Crippen LogP contribution < -0.4 is 5.56 Å². The fraction of sp³-hybridized carbons (Fsp3) is 0.200. The maximum absolute atomic E-state index is 12.6. The number of amides is 1. The molecule has 6 heteroatoms. The lowest BCUT2D eigenvalue weighted by molar-refractivity contribution is 0.0656. The van der Waals surface area contributed by atoms with E-state index in [0.717, 1.165) is 5.56 Å². The molecule has 0 fully saturated rings. The summed E-state index contributed by atoms with van der Waals surface area (Å²) in [6.07, 6.45) is 0. The van der Waals surface area contributed by atoms with E-state index >= 15 is 0 Å². The molecule has 1 aromatic carbocycles. The fourth-order valence-electron chi connectivity index (χ4n) is 2.75. The van der Waals surface area contributed by atoms with Gasteiger partial charge in [-0.05, 0) is 34.5 Å². The Kier molecular flexibility index (Phi) is 3.22. The summed E-state index contributed by atoms with van der Waals surface area (Å²) in [5.74, 6) is -0.268. The number of halogens is 2. The van der Waals surface area contributed by atoms with Crippen molar-refractivity contribution in [1.82, 2.24) is 9.47 Å². The highest BCUT2D eigenvalue weighted by Crippen LogP contribution is 2.38. The van der Waals surface area contributed by atoms with Crippen molar-refractivity contribution in [3.63, 3.8) is 0 Å². The van der Waals surface area contributed by atoms with Gasteiger partial charge in [0.25, 0.3) is 11.5 Å². The molecular weight excluding hydrogens is 356 g/mol. The molecule has 0 saturated heterocycles. The summed E-state index contributed by atoms with van der Waals surface area (Å²) in [7, 11) is 1.67. The number of rotatable bonds is 1. The highest BCUT2D eigenvalue weighted by molar-refractivity contribution is 9.10. The Labute approximate surface area is 135 Å². The second-order valence-corrected chi connectivity index (χ2v) is 6.34. The van der Waals surface area contributed by atoms with E-state index in [1.54, 1.807) is 7.05 Å². The van der Waals surface area contributed by atoms with Crippen LogP contribution in [0.15, 0.2) is 45.7 Å². The van der Waals surface area contributed by atoms with Crippen molar-refractivity contribution in [1.29, 1.82) is 0 Å². The van der Waals surface area contributed by atoms with Crippen molar-refractivity contribution in [2.24, 2.45) is 0 Å². The maximum Gasteiger partial charge on any atom is 0.274 e. The molecule has 1 atom stereocenters. The van der Waals surface area contributed by atoms with Gasteiger partial charge in [0.2, 0.25) is 0 Å². The molecule has 0 aliphatic carbocycles. The van der Waals surface area contributed by atoms with Crippen LogP contribution >= 0.6 is 27.5 Å². The molecule has 21 heavy (non-hydrogen) atoms. The van der Waals surface area contributed by atoms with Gasteiger partial charge < -0.3 is 4.90 Å².